The van der Waals surface area contributed by atoms with E-state index in [1.807, 2.05) is 6.07 Å². The highest BCUT2D eigenvalue weighted by Crippen LogP contribution is 2.25. The van der Waals surface area contributed by atoms with Crippen LogP contribution in [0.2, 0.25) is 0 Å². The molecule has 0 unspecified atom stereocenters. The Labute approximate surface area is 161 Å². The van der Waals surface area contributed by atoms with Crippen molar-refractivity contribution in [2.75, 3.05) is 40.4 Å². The molecule has 1 saturated carbocycles. The van der Waals surface area contributed by atoms with Crippen molar-refractivity contribution in [1.29, 1.82) is 0 Å². The van der Waals surface area contributed by atoms with E-state index in [4.69, 9.17) is 4.74 Å². The minimum Gasteiger partial charge on any atom is -0.383 e. The van der Waals surface area contributed by atoms with Crippen molar-refractivity contribution in [2.24, 2.45) is 4.99 Å². The third-order valence-electron chi connectivity index (χ3n) is 3.97. The fourth-order valence-corrected chi connectivity index (χ4v) is 2.48. The first-order valence-electron chi connectivity index (χ1n) is 8.15. The quantitative estimate of drug-likeness (QED) is 0.344. The van der Waals surface area contributed by atoms with Crippen LogP contribution in [0.5, 0.6) is 0 Å². The van der Waals surface area contributed by atoms with Gasteiger partial charge in [0.05, 0.1) is 6.61 Å². The number of guanidine groups is 1. The van der Waals surface area contributed by atoms with E-state index < -0.39 is 0 Å². The van der Waals surface area contributed by atoms with E-state index in [2.05, 4.69) is 20.5 Å². The maximum Gasteiger partial charge on any atom is 0.191 e. The predicted molar refractivity (Wildman–Crippen MR) is 106 cm³/mol. The van der Waals surface area contributed by atoms with Crippen molar-refractivity contribution in [2.45, 2.75) is 25.4 Å². The number of halogens is 2. The van der Waals surface area contributed by atoms with Crippen LogP contribution in [0.1, 0.15) is 18.4 Å². The second-order valence-corrected chi connectivity index (χ2v) is 5.70. The molecule has 24 heavy (non-hydrogen) atoms. The molecule has 0 heterocycles. The Morgan fingerprint density at radius 3 is 2.67 bits per heavy atom. The minimum atomic E-state index is -0.199. The first kappa shape index (κ1) is 21.1. The molecule has 1 aromatic carbocycles. The van der Waals surface area contributed by atoms with E-state index in [-0.39, 0.29) is 29.8 Å². The van der Waals surface area contributed by atoms with Crippen LogP contribution < -0.4 is 10.6 Å². The number of aliphatic imine (C=N–C) groups is 1. The van der Waals surface area contributed by atoms with E-state index in [1.54, 1.807) is 26.3 Å². The molecule has 0 aliphatic heterocycles. The lowest BCUT2D eigenvalue weighted by atomic mass is 10.2. The Balaban J connectivity index is 0.00000288. The van der Waals surface area contributed by atoms with E-state index in [1.165, 1.54) is 18.9 Å². The summed E-state index contributed by atoms with van der Waals surface area (Å²) in [4.78, 5) is 6.63. The molecular formula is C17H28FIN4O. The lowest BCUT2D eigenvalue weighted by molar-refractivity contribution is 0.144. The summed E-state index contributed by atoms with van der Waals surface area (Å²) in [5.41, 5.74) is 0.634. The van der Waals surface area contributed by atoms with E-state index in [0.29, 0.717) is 24.1 Å². The number of ether oxygens (including phenoxy) is 1. The molecule has 0 aromatic heterocycles. The number of nitrogens with one attached hydrogen (secondary N) is 2. The molecule has 1 aliphatic carbocycles. The highest BCUT2D eigenvalue weighted by Gasteiger charge is 2.28. The van der Waals surface area contributed by atoms with Gasteiger partial charge in [0.25, 0.3) is 0 Å². The summed E-state index contributed by atoms with van der Waals surface area (Å²) in [5.74, 6) is 0.491. The maximum absolute atomic E-state index is 13.6. The zero-order valence-corrected chi connectivity index (χ0v) is 16.8. The van der Waals surface area contributed by atoms with Gasteiger partial charge in [0.15, 0.2) is 5.96 Å². The molecular weight excluding hydrogens is 422 g/mol. The number of hydrogen-bond acceptors (Lipinski definition) is 3. The average Bonchev–Trinajstić information content (AvgIpc) is 3.40. The van der Waals surface area contributed by atoms with Crippen molar-refractivity contribution >= 4 is 29.9 Å². The van der Waals surface area contributed by atoms with E-state index in [9.17, 15) is 4.39 Å². The first-order chi connectivity index (χ1) is 11.2. The fourth-order valence-electron chi connectivity index (χ4n) is 2.48. The molecule has 1 aliphatic rings. The predicted octanol–water partition coefficient (Wildman–Crippen LogP) is 2.22. The molecule has 0 saturated heterocycles. The SMILES string of the molecule is CN=C(NCCN(CCOC)C1CC1)NCc1ccccc1F.I. The van der Waals surface area contributed by atoms with Gasteiger partial charge in [-0.3, -0.25) is 9.89 Å². The van der Waals surface area contributed by atoms with Crippen LogP contribution in [0.15, 0.2) is 29.3 Å². The minimum absolute atomic E-state index is 0. The summed E-state index contributed by atoms with van der Waals surface area (Å²) >= 11 is 0. The van der Waals surface area contributed by atoms with Crippen LogP contribution in [0.25, 0.3) is 0 Å². The van der Waals surface area contributed by atoms with Gasteiger partial charge in [0, 0.05) is 51.9 Å². The zero-order chi connectivity index (χ0) is 16.5. The van der Waals surface area contributed by atoms with Crippen LogP contribution >= 0.6 is 24.0 Å². The van der Waals surface area contributed by atoms with Crippen molar-refractivity contribution in [1.82, 2.24) is 15.5 Å². The molecule has 0 atom stereocenters. The molecule has 7 heteroatoms. The van der Waals surface area contributed by atoms with Crippen molar-refractivity contribution in [3.8, 4) is 0 Å². The summed E-state index contributed by atoms with van der Waals surface area (Å²) < 4.78 is 18.8. The summed E-state index contributed by atoms with van der Waals surface area (Å²) in [7, 11) is 3.46. The van der Waals surface area contributed by atoms with Crippen LogP contribution in [-0.4, -0.2) is 57.3 Å². The lowest BCUT2D eigenvalue weighted by Crippen LogP contribution is -2.42. The third kappa shape index (κ3) is 7.31. The molecule has 0 radical (unpaired) electrons. The largest absolute Gasteiger partial charge is 0.383 e. The smallest absolute Gasteiger partial charge is 0.191 e. The van der Waals surface area contributed by atoms with Crippen LogP contribution in [0, 0.1) is 5.82 Å². The highest BCUT2D eigenvalue weighted by atomic mass is 127. The topological polar surface area (TPSA) is 48.9 Å². The van der Waals surface area contributed by atoms with E-state index in [0.717, 1.165) is 26.2 Å². The number of rotatable bonds is 9. The van der Waals surface area contributed by atoms with Gasteiger partial charge in [-0.15, -0.1) is 24.0 Å². The van der Waals surface area contributed by atoms with Gasteiger partial charge in [-0.1, -0.05) is 18.2 Å². The molecule has 0 amide bonds. The van der Waals surface area contributed by atoms with Gasteiger partial charge in [-0.05, 0) is 18.9 Å². The molecule has 136 valence electrons. The van der Waals surface area contributed by atoms with Crippen LogP contribution in [0.3, 0.4) is 0 Å². The normalized spacial score (nSPS) is 14.4. The van der Waals surface area contributed by atoms with Crippen LogP contribution in [-0.2, 0) is 11.3 Å². The standard InChI is InChI=1S/C17H27FN4O.HI/c1-19-17(21-13-14-5-3-4-6-16(14)18)20-9-10-22(11-12-23-2)15-7-8-15;/h3-6,15H,7-13H2,1-2H3,(H2,19,20,21);1H. The molecule has 0 spiro atoms. The van der Waals surface area contributed by atoms with Gasteiger partial charge in [-0.25, -0.2) is 4.39 Å². The van der Waals surface area contributed by atoms with Crippen molar-refractivity contribution in [3.05, 3.63) is 35.6 Å². The second-order valence-electron chi connectivity index (χ2n) is 5.70. The number of nitrogens with zero attached hydrogens (tertiary/aromatic N) is 2. The molecule has 2 rings (SSSR count). The molecule has 0 bridgehead atoms. The summed E-state index contributed by atoms with van der Waals surface area (Å²) in [6.07, 6.45) is 2.56. The Bertz CT molecular complexity index is 511. The Kier molecular flexibility index (Phi) is 10.2. The maximum atomic E-state index is 13.6. The van der Waals surface area contributed by atoms with Gasteiger partial charge in [0.1, 0.15) is 5.82 Å². The summed E-state index contributed by atoms with van der Waals surface area (Å²) in [6.45, 7) is 3.90. The molecule has 1 aromatic rings. The molecule has 2 N–H and O–H groups in total. The zero-order valence-electron chi connectivity index (χ0n) is 14.4. The van der Waals surface area contributed by atoms with Gasteiger partial charge in [0.2, 0.25) is 0 Å². The van der Waals surface area contributed by atoms with Gasteiger partial charge < -0.3 is 15.4 Å². The third-order valence-corrected chi connectivity index (χ3v) is 3.97. The van der Waals surface area contributed by atoms with Gasteiger partial charge >= 0.3 is 0 Å². The lowest BCUT2D eigenvalue weighted by Gasteiger charge is -2.22. The number of methoxy groups -OCH3 is 1. The first-order valence-corrected chi connectivity index (χ1v) is 8.15. The Morgan fingerprint density at radius 2 is 2.04 bits per heavy atom. The molecule has 1 fully saturated rings. The Hall–Kier alpha value is -0.930. The monoisotopic (exact) mass is 450 g/mol. The number of hydrogen-bond donors (Lipinski definition) is 2. The highest BCUT2D eigenvalue weighted by molar-refractivity contribution is 14.0. The Morgan fingerprint density at radius 1 is 1.29 bits per heavy atom. The van der Waals surface area contributed by atoms with E-state index >= 15 is 0 Å². The van der Waals surface area contributed by atoms with Gasteiger partial charge in [-0.2, -0.15) is 0 Å². The fraction of sp³-hybridized carbons (Fsp3) is 0.588. The second kappa shape index (κ2) is 11.6. The van der Waals surface area contributed by atoms with Crippen LogP contribution in [0.4, 0.5) is 4.39 Å². The number of benzene rings is 1. The molecule has 5 nitrogen and oxygen atoms in total. The van der Waals surface area contributed by atoms with Crippen molar-refractivity contribution < 1.29 is 9.13 Å². The summed E-state index contributed by atoms with van der Waals surface area (Å²) in [6, 6.07) is 7.48. The average molecular weight is 450 g/mol. The summed E-state index contributed by atoms with van der Waals surface area (Å²) in [5, 5.41) is 6.43. The van der Waals surface area contributed by atoms with Crippen molar-refractivity contribution in [3.63, 3.8) is 0 Å².